The van der Waals surface area contributed by atoms with Crippen molar-refractivity contribution in [2.75, 3.05) is 0 Å². The van der Waals surface area contributed by atoms with Crippen molar-refractivity contribution in [1.29, 1.82) is 0 Å². The Bertz CT molecular complexity index is 277. The minimum atomic E-state index is 0.167. The number of Topliss-reactive ketones (excluding diaryl/α,β-unsaturated/α-hetero) is 1. The van der Waals surface area contributed by atoms with Crippen molar-refractivity contribution in [3.05, 3.63) is 41.8 Å². The highest BCUT2D eigenvalue weighted by molar-refractivity contribution is 6.30. The Kier molecular flexibility index (Phi) is 3.97. The predicted octanol–water partition coefficient (Wildman–Crippen LogP) is 3.53. The summed E-state index contributed by atoms with van der Waals surface area (Å²) >= 11 is 5.70. The van der Waals surface area contributed by atoms with Gasteiger partial charge < -0.3 is 0 Å². The van der Waals surface area contributed by atoms with Gasteiger partial charge in [-0.25, -0.2) is 0 Å². The van der Waals surface area contributed by atoms with Gasteiger partial charge in [0.05, 0.1) is 0 Å². The maximum absolute atomic E-state index is 11.4. The first-order valence-corrected chi connectivity index (χ1v) is 4.70. The van der Waals surface area contributed by atoms with Crippen LogP contribution in [0.15, 0.2) is 24.3 Å². The van der Waals surface area contributed by atoms with Crippen LogP contribution in [-0.2, 0) is 0 Å². The van der Waals surface area contributed by atoms with Crippen molar-refractivity contribution in [2.45, 2.75) is 19.3 Å². The van der Waals surface area contributed by atoms with Crippen LogP contribution in [0, 0.1) is 6.92 Å². The molecule has 0 fully saturated rings. The Morgan fingerprint density at radius 3 is 2.46 bits per heavy atom. The van der Waals surface area contributed by atoms with E-state index >= 15 is 0 Å². The van der Waals surface area contributed by atoms with Crippen LogP contribution in [0.4, 0.5) is 0 Å². The van der Waals surface area contributed by atoms with Gasteiger partial charge in [0.25, 0.3) is 0 Å². The van der Waals surface area contributed by atoms with Crippen molar-refractivity contribution < 1.29 is 4.79 Å². The third-order valence-corrected chi connectivity index (χ3v) is 2.07. The van der Waals surface area contributed by atoms with Crippen molar-refractivity contribution in [3.63, 3.8) is 0 Å². The first kappa shape index (κ1) is 10.3. The molecule has 0 aliphatic carbocycles. The lowest BCUT2D eigenvalue weighted by Crippen LogP contribution is -1.97. The van der Waals surface area contributed by atoms with E-state index in [2.05, 4.69) is 6.92 Å². The largest absolute Gasteiger partial charge is 0.294 e. The van der Waals surface area contributed by atoms with Crippen LogP contribution < -0.4 is 0 Å². The molecule has 0 aromatic heterocycles. The number of rotatable bonds is 4. The molecular weight excluding hydrogens is 184 g/mol. The van der Waals surface area contributed by atoms with Crippen LogP contribution in [0.25, 0.3) is 0 Å². The van der Waals surface area contributed by atoms with Gasteiger partial charge in [-0.05, 0) is 30.7 Å². The molecule has 2 heteroatoms. The van der Waals surface area contributed by atoms with Gasteiger partial charge in [0, 0.05) is 17.0 Å². The quantitative estimate of drug-likeness (QED) is 0.672. The predicted molar refractivity (Wildman–Crippen MR) is 55.0 cm³/mol. The summed E-state index contributed by atoms with van der Waals surface area (Å²) in [5.41, 5.74) is 0.734. The van der Waals surface area contributed by atoms with E-state index < -0.39 is 0 Å². The molecule has 13 heavy (non-hydrogen) atoms. The summed E-state index contributed by atoms with van der Waals surface area (Å²) in [5, 5.41) is 0.661. The summed E-state index contributed by atoms with van der Waals surface area (Å²) in [6.45, 7) is 3.69. The van der Waals surface area contributed by atoms with Gasteiger partial charge in [0.1, 0.15) is 0 Å². The van der Waals surface area contributed by atoms with E-state index in [0.29, 0.717) is 11.4 Å². The average molecular weight is 196 g/mol. The van der Waals surface area contributed by atoms with Crippen molar-refractivity contribution in [2.24, 2.45) is 0 Å². The molecule has 0 N–H and O–H groups in total. The van der Waals surface area contributed by atoms with E-state index in [9.17, 15) is 4.79 Å². The van der Waals surface area contributed by atoms with E-state index in [0.717, 1.165) is 18.4 Å². The zero-order valence-corrected chi connectivity index (χ0v) is 8.18. The molecule has 1 aromatic rings. The Morgan fingerprint density at radius 2 is 1.92 bits per heavy atom. The number of hydrogen-bond donors (Lipinski definition) is 0. The Labute approximate surface area is 83.7 Å². The van der Waals surface area contributed by atoms with E-state index in [1.165, 1.54) is 0 Å². The molecule has 0 heterocycles. The monoisotopic (exact) mass is 195 g/mol. The topological polar surface area (TPSA) is 17.1 Å². The molecule has 0 aliphatic rings. The molecule has 0 bridgehead atoms. The van der Waals surface area contributed by atoms with Crippen LogP contribution >= 0.6 is 11.6 Å². The molecule has 0 saturated heterocycles. The van der Waals surface area contributed by atoms with Crippen molar-refractivity contribution in [1.82, 2.24) is 0 Å². The van der Waals surface area contributed by atoms with Crippen molar-refractivity contribution >= 4 is 17.4 Å². The van der Waals surface area contributed by atoms with Crippen LogP contribution in [0.1, 0.15) is 29.6 Å². The average Bonchev–Trinajstić information content (AvgIpc) is 2.15. The van der Waals surface area contributed by atoms with Gasteiger partial charge in [-0.3, -0.25) is 4.79 Å². The highest BCUT2D eigenvalue weighted by Gasteiger charge is 2.03. The number of benzene rings is 1. The van der Waals surface area contributed by atoms with E-state index in [1.807, 2.05) is 0 Å². The fourth-order valence-electron chi connectivity index (χ4n) is 1.07. The summed E-state index contributed by atoms with van der Waals surface area (Å²) in [7, 11) is 0. The van der Waals surface area contributed by atoms with Gasteiger partial charge in [-0.2, -0.15) is 0 Å². The molecule has 1 aromatic carbocycles. The first-order chi connectivity index (χ1) is 6.24. The third kappa shape index (κ3) is 3.19. The standard InChI is InChI=1S/C11H12ClO/c1-2-3-4-11(13)9-5-7-10(12)8-6-9/h5-8H,1-4H2. The lowest BCUT2D eigenvalue weighted by molar-refractivity contribution is 0.0980. The summed E-state index contributed by atoms with van der Waals surface area (Å²) in [6, 6.07) is 6.99. The SMILES string of the molecule is [CH2]CCCC(=O)c1ccc(Cl)cc1. The maximum atomic E-state index is 11.4. The summed E-state index contributed by atoms with van der Waals surface area (Å²) in [5.74, 6) is 0.167. The Balaban J connectivity index is 2.61. The molecule has 69 valence electrons. The molecule has 1 rings (SSSR count). The first-order valence-electron chi connectivity index (χ1n) is 4.32. The maximum Gasteiger partial charge on any atom is 0.162 e. The number of carbonyl (C=O) groups excluding carboxylic acids is 1. The van der Waals surface area contributed by atoms with Gasteiger partial charge in [-0.15, -0.1) is 0 Å². The van der Waals surface area contributed by atoms with E-state index in [4.69, 9.17) is 11.6 Å². The molecular formula is C11H12ClO. The van der Waals surface area contributed by atoms with E-state index in [1.54, 1.807) is 24.3 Å². The minimum absolute atomic E-state index is 0.167. The van der Waals surface area contributed by atoms with Gasteiger partial charge in [0.15, 0.2) is 5.78 Å². The summed E-state index contributed by atoms with van der Waals surface area (Å²) < 4.78 is 0. The molecule has 1 nitrogen and oxygen atoms in total. The molecule has 0 saturated carbocycles. The number of carbonyl (C=O) groups is 1. The van der Waals surface area contributed by atoms with Crippen LogP contribution in [-0.4, -0.2) is 5.78 Å². The highest BCUT2D eigenvalue weighted by atomic mass is 35.5. The van der Waals surface area contributed by atoms with Crippen LogP contribution in [0.2, 0.25) is 5.02 Å². The van der Waals surface area contributed by atoms with Gasteiger partial charge >= 0.3 is 0 Å². The number of hydrogen-bond acceptors (Lipinski definition) is 1. The van der Waals surface area contributed by atoms with Gasteiger partial charge in [0.2, 0.25) is 0 Å². The fraction of sp³-hybridized carbons (Fsp3) is 0.273. The molecule has 0 amide bonds. The molecule has 0 spiro atoms. The number of halogens is 1. The number of ketones is 1. The molecule has 0 atom stereocenters. The van der Waals surface area contributed by atoms with Crippen LogP contribution in [0.3, 0.4) is 0 Å². The normalized spacial score (nSPS) is 10.0. The highest BCUT2D eigenvalue weighted by Crippen LogP contribution is 2.12. The van der Waals surface area contributed by atoms with Crippen LogP contribution in [0.5, 0.6) is 0 Å². The number of unbranched alkanes of at least 4 members (excludes halogenated alkanes) is 1. The summed E-state index contributed by atoms with van der Waals surface area (Å²) in [6.07, 6.45) is 2.23. The third-order valence-electron chi connectivity index (χ3n) is 1.82. The fourth-order valence-corrected chi connectivity index (χ4v) is 1.19. The Morgan fingerprint density at radius 1 is 1.31 bits per heavy atom. The van der Waals surface area contributed by atoms with Crippen molar-refractivity contribution in [3.8, 4) is 0 Å². The summed E-state index contributed by atoms with van der Waals surface area (Å²) in [4.78, 5) is 11.4. The molecule has 0 unspecified atom stereocenters. The van der Waals surface area contributed by atoms with Gasteiger partial charge in [-0.1, -0.05) is 24.9 Å². The smallest absolute Gasteiger partial charge is 0.162 e. The minimum Gasteiger partial charge on any atom is -0.294 e. The zero-order chi connectivity index (χ0) is 9.68. The molecule has 1 radical (unpaired) electrons. The second kappa shape index (κ2) is 5.03. The van der Waals surface area contributed by atoms with E-state index in [-0.39, 0.29) is 5.78 Å². The molecule has 0 aliphatic heterocycles. The second-order valence-corrected chi connectivity index (χ2v) is 3.32. The zero-order valence-electron chi connectivity index (χ0n) is 7.42. The lowest BCUT2D eigenvalue weighted by atomic mass is 10.1. The lowest BCUT2D eigenvalue weighted by Gasteiger charge is -1.99. The second-order valence-electron chi connectivity index (χ2n) is 2.89. The Hall–Kier alpha value is -0.820.